The van der Waals surface area contributed by atoms with Crippen molar-refractivity contribution in [1.29, 1.82) is 5.26 Å². The zero-order valence-corrected chi connectivity index (χ0v) is 21.5. The monoisotopic (exact) mass is 569 g/mol. The van der Waals surface area contributed by atoms with Crippen LogP contribution in [0.2, 0.25) is 0 Å². The number of aromatic nitrogens is 2. The number of nitrogens with zero attached hydrogens (tertiary/aromatic N) is 4. The zero-order chi connectivity index (χ0) is 23.2. The van der Waals surface area contributed by atoms with Crippen LogP contribution in [0.25, 0.3) is 16.7 Å². The minimum Gasteiger partial charge on any atom is -0.459 e. The Morgan fingerprint density at radius 1 is 1.15 bits per heavy atom. The number of halogens is 1. The molecule has 0 aliphatic rings. The zero-order valence-electron chi connectivity index (χ0n) is 19.2. The van der Waals surface area contributed by atoms with Crippen molar-refractivity contribution in [3.8, 4) is 11.8 Å². The van der Waals surface area contributed by atoms with Crippen molar-refractivity contribution in [2.24, 2.45) is 4.99 Å². The second kappa shape index (κ2) is 11.6. The van der Waals surface area contributed by atoms with Crippen molar-refractivity contribution < 1.29 is 4.42 Å². The van der Waals surface area contributed by atoms with Crippen LogP contribution in [0.1, 0.15) is 29.0 Å². The summed E-state index contributed by atoms with van der Waals surface area (Å²) >= 11 is 0. The largest absolute Gasteiger partial charge is 0.459 e. The van der Waals surface area contributed by atoms with Gasteiger partial charge in [0.25, 0.3) is 0 Å². The maximum absolute atomic E-state index is 9.56. The van der Waals surface area contributed by atoms with Gasteiger partial charge in [-0.05, 0) is 38.0 Å². The van der Waals surface area contributed by atoms with Gasteiger partial charge in [-0.25, -0.2) is 4.68 Å². The van der Waals surface area contributed by atoms with Crippen molar-refractivity contribution in [3.63, 3.8) is 0 Å². The number of hydrogen-bond acceptors (Lipinski definition) is 5. The van der Waals surface area contributed by atoms with E-state index in [1.54, 1.807) is 11.7 Å². The molecule has 0 amide bonds. The topological polar surface area (TPSA) is 117 Å². The first-order valence-electron chi connectivity index (χ1n) is 10.9. The fourth-order valence-corrected chi connectivity index (χ4v) is 3.78. The lowest BCUT2D eigenvalue weighted by atomic mass is 10.1. The van der Waals surface area contributed by atoms with Crippen LogP contribution in [0.15, 0.2) is 64.0 Å². The van der Waals surface area contributed by atoms with E-state index in [2.05, 4.69) is 39.8 Å². The van der Waals surface area contributed by atoms with Crippen LogP contribution in [-0.4, -0.2) is 29.3 Å². The number of nitrogens with one attached hydrogen (secondary N) is 2. The molecule has 0 saturated heterocycles. The molecule has 2 heterocycles. The lowest BCUT2D eigenvalue weighted by Crippen LogP contribution is -2.37. The molecule has 34 heavy (non-hydrogen) atoms. The molecule has 2 aromatic carbocycles. The summed E-state index contributed by atoms with van der Waals surface area (Å²) in [6.45, 7) is 3.27. The van der Waals surface area contributed by atoms with Gasteiger partial charge in [0, 0.05) is 24.5 Å². The Hall–Kier alpha value is -3.52. The SMILES string of the molecule is CN=C(NCCCc1nn(-c2ccccc2)c(N)c1C#N)NCc1oc2ccccc2c1C.I. The fraction of sp³-hybridized carbons (Fsp3) is 0.240. The third-order valence-electron chi connectivity index (χ3n) is 5.57. The van der Waals surface area contributed by atoms with Crippen molar-refractivity contribution in [2.75, 3.05) is 19.3 Å². The number of aryl methyl sites for hydroxylation is 2. The Morgan fingerprint density at radius 2 is 1.88 bits per heavy atom. The van der Waals surface area contributed by atoms with Gasteiger partial charge in [0.05, 0.1) is 17.9 Å². The number of benzene rings is 2. The highest BCUT2D eigenvalue weighted by atomic mass is 127. The standard InChI is InChI=1S/C25H27N7O.HI/c1-17-19-11-6-7-13-22(19)33-23(17)16-30-25(28-2)29-14-8-12-21-20(15-26)24(27)32(31-21)18-9-4-3-5-10-18;/h3-7,9-11,13H,8,12,14,16,27H2,1-2H3,(H2,28,29,30);1H. The lowest BCUT2D eigenvalue weighted by molar-refractivity contribution is 0.534. The van der Waals surface area contributed by atoms with Crippen LogP contribution in [-0.2, 0) is 13.0 Å². The second-order valence-corrected chi connectivity index (χ2v) is 7.67. The highest BCUT2D eigenvalue weighted by Crippen LogP contribution is 2.24. The first-order chi connectivity index (χ1) is 16.1. The molecule has 2 aromatic heterocycles. The summed E-state index contributed by atoms with van der Waals surface area (Å²) in [6, 6.07) is 19.8. The van der Waals surface area contributed by atoms with Crippen molar-refractivity contribution in [1.82, 2.24) is 20.4 Å². The molecule has 0 unspecified atom stereocenters. The van der Waals surface area contributed by atoms with Gasteiger partial charge in [0.1, 0.15) is 28.8 Å². The summed E-state index contributed by atoms with van der Waals surface area (Å²) in [5.41, 5.74) is 10.2. The number of nitrogens with two attached hydrogens (primary N) is 1. The van der Waals surface area contributed by atoms with Gasteiger partial charge >= 0.3 is 0 Å². The van der Waals surface area contributed by atoms with E-state index < -0.39 is 0 Å². The van der Waals surface area contributed by atoms with E-state index in [4.69, 9.17) is 10.2 Å². The van der Waals surface area contributed by atoms with Crippen LogP contribution in [0.3, 0.4) is 0 Å². The van der Waals surface area contributed by atoms with E-state index in [1.165, 1.54) is 0 Å². The number of hydrogen-bond donors (Lipinski definition) is 3. The Kier molecular flexibility index (Phi) is 8.54. The smallest absolute Gasteiger partial charge is 0.191 e. The Balaban J connectivity index is 0.00000324. The molecule has 0 aliphatic heterocycles. The molecule has 4 rings (SSSR count). The summed E-state index contributed by atoms with van der Waals surface area (Å²) in [6.07, 6.45) is 1.39. The van der Waals surface area contributed by atoms with E-state index in [9.17, 15) is 5.26 Å². The summed E-state index contributed by atoms with van der Waals surface area (Å²) in [5, 5.41) is 21.9. The molecule has 4 N–H and O–H groups in total. The molecule has 176 valence electrons. The fourth-order valence-electron chi connectivity index (χ4n) is 3.78. The van der Waals surface area contributed by atoms with Crippen LogP contribution in [0.5, 0.6) is 0 Å². The maximum atomic E-state index is 9.56. The van der Waals surface area contributed by atoms with Crippen molar-refractivity contribution in [2.45, 2.75) is 26.3 Å². The van der Waals surface area contributed by atoms with E-state index in [0.717, 1.165) is 34.4 Å². The molecule has 8 nitrogen and oxygen atoms in total. The maximum Gasteiger partial charge on any atom is 0.191 e. The molecule has 9 heteroatoms. The molecule has 0 fully saturated rings. The number of anilines is 1. The third kappa shape index (κ3) is 5.34. The van der Waals surface area contributed by atoms with E-state index in [1.807, 2.05) is 48.5 Å². The molecule has 0 spiro atoms. The summed E-state index contributed by atoms with van der Waals surface area (Å²) in [4.78, 5) is 4.28. The number of guanidine groups is 1. The molecule has 0 atom stereocenters. The molecule has 0 bridgehead atoms. The normalized spacial score (nSPS) is 11.1. The number of nitrogen functional groups attached to an aromatic ring is 1. The molecule has 0 radical (unpaired) electrons. The average molecular weight is 569 g/mol. The minimum atomic E-state index is 0. The number of furan rings is 1. The van der Waals surface area contributed by atoms with Gasteiger partial charge in [0.2, 0.25) is 0 Å². The van der Waals surface area contributed by atoms with E-state index in [-0.39, 0.29) is 24.0 Å². The third-order valence-corrected chi connectivity index (χ3v) is 5.57. The van der Waals surface area contributed by atoms with Gasteiger partial charge in [-0.1, -0.05) is 36.4 Å². The Morgan fingerprint density at radius 3 is 2.59 bits per heavy atom. The number of rotatable bonds is 7. The summed E-state index contributed by atoms with van der Waals surface area (Å²) in [5.74, 6) is 1.94. The number of nitriles is 1. The van der Waals surface area contributed by atoms with Crippen LogP contribution in [0.4, 0.5) is 5.82 Å². The molecule has 0 aliphatic carbocycles. The summed E-state index contributed by atoms with van der Waals surface area (Å²) in [7, 11) is 1.73. The first-order valence-corrected chi connectivity index (χ1v) is 10.9. The predicted octanol–water partition coefficient (Wildman–Crippen LogP) is 4.30. The molecular formula is C25H28IN7O. The number of fused-ring (bicyclic) bond motifs is 1. The van der Waals surface area contributed by atoms with Crippen LogP contribution in [0, 0.1) is 18.3 Å². The summed E-state index contributed by atoms with van der Waals surface area (Å²) < 4.78 is 7.58. The first kappa shape index (κ1) is 25.1. The van der Waals surface area contributed by atoms with Crippen LogP contribution < -0.4 is 16.4 Å². The molecular weight excluding hydrogens is 541 g/mol. The lowest BCUT2D eigenvalue weighted by Gasteiger charge is -2.11. The molecule has 4 aromatic rings. The highest BCUT2D eigenvalue weighted by molar-refractivity contribution is 14.0. The van der Waals surface area contributed by atoms with Crippen LogP contribution >= 0.6 is 24.0 Å². The van der Waals surface area contributed by atoms with Gasteiger partial charge in [0.15, 0.2) is 5.96 Å². The molecule has 0 saturated carbocycles. The van der Waals surface area contributed by atoms with E-state index in [0.29, 0.717) is 42.5 Å². The minimum absolute atomic E-state index is 0. The highest BCUT2D eigenvalue weighted by Gasteiger charge is 2.16. The quantitative estimate of drug-likeness (QED) is 0.132. The van der Waals surface area contributed by atoms with Crippen molar-refractivity contribution >= 4 is 46.7 Å². The Labute approximate surface area is 215 Å². The second-order valence-electron chi connectivity index (χ2n) is 7.67. The number of aliphatic imine (C=N–C) groups is 1. The average Bonchev–Trinajstić information content (AvgIpc) is 3.35. The van der Waals surface area contributed by atoms with Gasteiger partial charge < -0.3 is 20.8 Å². The number of para-hydroxylation sites is 2. The predicted molar refractivity (Wildman–Crippen MR) is 146 cm³/mol. The van der Waals surface area contributed by atoms with Crippen molar-refractivity contribution in [3.05, 3.63) is 77.2 Å². The van der Waals surface area contributed by atoms with Gasteiger partial charge in [-0.3, -0.25) is 4.99 Å². The van der Waals surface area contributed by atoms with Gasteiger partial charge in [-0.2, -0.15) is 10.4 Å². The Bertz CT molecular complexity index is 1320. The van der Waals surface area contributed by atoms with Gasteiger partial charge in [-0.15, -0.1) is 24.0 Å². The van der Waals surface area contributed by atoms with E-state index >= 15 is 0 Å².